The van der Waals surface area contributed by atoms with Gasteiger partial charge in [0.2, 0.25) is 0 Å². The van der Waals surface area contributed by atoms with Crippen molar-refractivity contribution in [3.05, 3.63) is 89.8 Å². The zero-order valence-electron chi connectivity index (χ0n) is 12.6. The van der Waals surface area contributed by atoms with Crippen molar-refractivity contribution in [2.75, 3.05) is 0 Å². The normalized spacial score (nSPS) is 29.5. The van der Waals surface area contributed by atoms with Crippen LogP contribution in [0.5, 0.6) is 0 Å². The molecule has 1 fully saturated rings. The van der Waals surface area contributed by atoms with Gasteiger partial charge >= 0.3 is 0 Å². The molecule has 1 aromatic heterocycles. The number of fused-ring (bicyclic) bond motifs is 1. The van der Waals surface area contributed by atoms with Gasteiger partial charge in [0.05, 0.1) is 12.2 Å². The Labute approximate surface area is 131 Å². The van der Waals surface area contributed by atoms with Crippen LogP contribution < -0.4 is 0 Å². The van der Waals surface area contributed by atoms with Crippen molar-refractivity contribution in [2.45, 2.75) is 19.1 Å². The van der Waals surface area contributed by atoms with E-state index in [9.17, 15) is 0 Å². The lowest BCUT2D eigenvalue weighted by Gasteiger charge is -2.21. The third-order valence-corrected chi connectivity index (χ3v) is 4.66. The summed E-state index contributed by atoms with van der Waals surface area (Å²) >= 11 is 0. The van der Waals surface area contributed by atoms with Crippen LogP contribution in [0.25, 0.3) is 0 Å². The van der Waals surface area contributed by atoms with Crippen LogP contribution >= 0.6 is 0 Å². The Morgan fingerprint density at radius 3 is 1.91 bits per heavy atom. The molecule has 4 rings (SSSR count). The molecule has 0 amide bonds. The maximum atomic E-state index is 6.49. The van der Waals surface area contributed by atoms with Crippen molar-refractivity contribution in [3.63, 3.8) is 0 Å². The summed E-state index contributed by atoms with van der Waals surface area (Å²) < 4.78 is 6.49. The Bertz CT molecular complexity index is 702. The van der Waals surface area contributed by atoms with Crippen molar-refractivity contribution in [3.8, 4) is 0 Å². The van der Waals surface area contributed by atoms with Crippen molar-refractivity contribution in [2.24, 2.45) is 11.8 Å². The second-order valence-electron chi connectivity index (χ2n) is 6.09. The number of nitrogens with zero attached hydrogens (tertiary/aromatic N) is 1. The highest BCUT2D eigenvalue weighted by atomic mass is 16.5. The SMILES string of the molecule is Cc1ccc(C2OC(c3ccncc3)C3C=CC=CC23)cc1. The fraction of sp³-hybridized carbons (Fsp3) is 0.250. The van der Waals surface area contributed by atoms with Gasteiger partial charge in [0, 0.05) is 24.2 Å². The molecule has 110 valence electrons. The Morgan fingerprint density at radius 1 is 0.773 bits per heavy atom. The molecule has 2 aliphatic rings. The summed E-state index contributed by atoms with van der Waals surface area (Å²) in [5, 5.41) is 0. The minimum atomic E-state index is 0.0977. The lowest BCUT2D eigenvalue weighted by molar-refractivity contribution is 0.0328. The lowest BCUT2D eigenvalue weighted by Crippen LogP contribution is -2.14. The Balaban J connectivity index is 1.71. The maximum Gasteiger partial charge on any atom is 0.0904 e. The van der Waals surface area contributed by atoms with E-state index in [0.29, 0.717) is 11.8 Å². The fourth-order valence-electron chi connectivity index (χ4n) is 3.50. The first-order chi connectivity index (χ1) is 10.8. The number of aryl methyl sites for hydroxylation is 1. The van der Waals surface area contributed by atoms with E-state index >= 15 is 0 Å². The predicted octanol–water partition coefficient (Wildman–Crippen LogP) is 4.56. The van der Waals surface area contributed by atoms with Gasteiger partial charge in [-0.3, -0.25) is 4.98 Å². The second kappa shape index (κ2) is 5.54. The molecule has 2 aromatic rings. The molecular formula is C20H19NO. The van der Waals surface area contributed by atoms with E-state index in [1.165, 1.54) is 16.7 Å². The van der Waals surface area contributed by atoms with E-state index in [4.69, 9.17) is 4.74 Å². The summed E-state index contributed by atoms with van der Waals surface area (Å²) in [6.07, 6.45) is 12.7. The van der Waals surface area contributed by atoms with Crippen LogP contribution in [0.3, 0.4) is 0 Å². The number of hydrogen-bond donors (Lipinski definition) is 0. The molecule has 2 heterocycles. The number of benzene rings is 1. The quantitative estimate of drug-likeness (QED) is 0.808. The molecule has 4 atom stereocenters. The molecule has 0 spiro atoms. The van der Waals surface area contributed by atoms with Gasteiger partial charge in [0.25, 0.3) is 0 Å². The summed E-state index contributed by atoms with van der Waals surface area (Å²) in [5.41, 5.74) is 3.75. The van der Waals surface area contributed by atoms with Crippen molar-refractivity contribution in [1.82, 2.24) is 4.98 Å². The highest BCUT2D eigenvalue weighted by Crippen LogP contribution is 2.51. The van der Waals surface area contributed by atoms with Crippen LogP contribution in [0, 0.1) is 18.8 Å². The van der Waals surface area contributed by atoms with Crippen molar-refractivity contribution < 1.29 is 4.74 Å². The number of ether oxygens (including phenoxy) is 1. The standard InChI is InChI=1S/C20H19NO/c1-14-6-8-15(9-7-14)19-17-4-2-3-5-18(17)20(22-19)16-10-12-21-13-11-16/h2-13,17-20H,1H3. The summed E-state index contributed by atoms with van der Waals surface area (Å²) in [5.74, 6) is 0.782. The van der Waals surface area contributed by atoms with Gasteiger partial charge in [0.15, 0.2) is 0 Å². The molecule has 1 aliphatic carbocycles. The lowest BCUT2D eigenvalue weighted by atomic mass is 9.80. The molecule has 2 nitrogen and oxygen atoms in total. The van der Waals surface area contributed by atoms with Crippen LogP contribution in [0.2, 0.25) is 0 Å². The van der Waals surface area contributed by atoms with Crippen LogP contribution in [0.15, 0.2) is 73.1 Å². The average molecular weight is 289 g/mol. The molecule has 4 unspecified atom stereocenters. The van der Waals surface area contributed by atoms with Crippen molar-refractivity contribution in [1.29, 1.82) is 0 Å². The Morgan fingerprint density at radius 2 is 1.32 bits per heavy atom. The summed E-state index contributed by atoms with van der Waals surface area (Å²) in [4.78, 5) is 4.12. The highest BCUT2D eigenvalue weighted by Gasteiger charge is 2.43. The van der Waals surface area contributed by atoms with Gasteiger partial charge in [-0.1, -0.05) is 54.1 Å². The molecular weight excluding hydrogens is 270 g/mol. The summed E-state index contributed by atoms with van der Waals surface area (Å²) in [6, 6.07) is 12.8. The first kappa shape index (κ1) is 13.5. The molecule has 0 N–H and O–H groups in total. The molecule has 22 heavy (non-hydrogen) atoms. The van der Waals surface area contributed by atoms with Crippen LogP contribution in [-0.2, 0) is 4.74 Å². The number of rotatable bonds is 2. The second-order valence-corrected chi connectivity index (χ2v) is 6.09. The van der Waals surface area contributed by atoms with E-state index in [0.717, 1.165) is 0 Å². The molecule has 1 saturated heterocycles. The van der Waals surface area contributed by atoms with E-state index in [2.05, 4.69) is 72.6 Å². The first-order valence-electron chi connectivity index (χ1n) is 7.80. The van der Waals surface area contributed by atoms with Gasteiger partial charge in [-0.25, -0.2) is 0 Å². The average Bonchev–Trinajstić information content (AvgIpc) is 2.96. The molecule has 1 aromatic carbocycles. The van der Waals surface area contributed by atoms with E-state index in [-0.39, 0.29) is 12.2 Å². The van der Waals surface area contributed by atoms with Crippen LogP contribution in [-0.4, -0.2) is 4.98 Å². The maximum absolute atomic E-state index is 6.49. The number of allylic oxidation sites excluding steroid dienone is 2. The molecule has 1 aliphatic heterocycles. The first-order valence-corrected chi connectivity index (χ1v) is 7.80. The van der Waals surface area contributed by atoms with E-state index in [1.54, 1.807) is 0 Å². The van der Waals surface area contributed by atoms with E-state index in [1.807, 2.05) is 12.4 Å². The summed E-state index contributed by atoms with van der Waals surface area (Å²) in [6.45, 7) is 2.12. The zero-order chi connectivity index (χ0) is 14.9. The Kier molecular flexibility index (Phi) is 3.39. The topological polar surface area (TPSA) is 22.1 Å². The highest BCUT2D eigenvalue weighted by molar-refractivity contribution is 5.31. The van der Waals surface area contributed by atoms with Crippen LogP contribution in [0.1, 0.15) is 28.9 Å². The number of hydrogen-bond acceptors (Lipinski definition) is 2. The fourth-order valence-corrected chi connectivity index (χ4v) is 3.50. The molecule has 0 bridgehead atoms. The van der Waals surface area contributed by atoms with E-state index < -0.39 is 0 Å². The number of pyridine rings is 1. The van der Waals surface area contributed by atoms with Crippen molar-refractivity contribution >= 4 is 0 Å². The third kappa shape index (κ3) is 2.30. The van der Waals surface area contributed by atoms with Gasteiger partial charge < -0.3 is 4.74 Å². The number of aromatic nitrogens is 1. The van der Waals surface area contributed by atoms with Crippen LogP contribution in [0.4, 0.5) is 0 Å². The summed E-state index contributed by atoms with van der Waals surface area (Å²) in [7, 11) is 0. The van der Waals surface area contributed by atoms with Gasteiger partial charge in [-0.2, -0.15) is 0 Å². The van der Waals surface area contributed by atoms with Gasteiger partial charge in [-0.15, -0.1) is 0 Å². The molecule has 2 heteroatoms. The van der Waals surface area contributed by atoms with Gasteiger partial charge in [-0.05, 0) is 30.2 Å². The third-order valence-electron chi connectivity index (χ3n) is 4.66. The molecule has 0 saturated carbocycles. The predicted molar refractivity (Wildman–Crippen MR) is 87.2 cm³/mol. The smallest absolute Gasteiger partial charge is 0.0904 e. The Hall–Kier alpha value is -2.19. The minimum absolute atomic E-state index is 0.0977. The molecule has 0 radical (unpaired) electrons. The minimum Gasteiger partial charge on any atom is -0.364 e. The van der Waals surface area contributed by atoms with Gasteiger partial charge in [0.1, 0.15) is 0 Å². The monoisotopic (exact) mass is 289 g/mol. The largest absolute Gasteiger partial charge is 0.364 e. The zero-order valence-corrected chi connectivity index (χ0v) is 12.6.